The number of nitrogens with one attached hydrogen (secondary N) is 2. The van der Waals surface area contributed by atoms with Crippen LogP contribution in [0.15, 0.2) is 77.3 Å². The number of rotatable bonds is 7. The monoisotopic (exact) mass is 586 g/mol. The van der Waals surface area contributed by atoms with Gasteiger partial charge in [0, 0.05) is 24.6 Å². The number of furan rings is 1. The van der Waals surface area contributed by atoms with Gasteiger partial charge in [-0.25, -0.2) is 0 Å². The second-order valence-corrected chi connectivity index (χ2v) is 10.0. The molecule has 1 aliphatic heterocycles. The van der Waals surface area contributed by atoms with Crippen molar-refractivity contribution >= 4 is 69.4 Å². The Morgan fingerprint density at radius 2 is 1.95 bits per heavy atom. The summed E-state index contributed by atoms with van der Waals surface area (Å²) in [5, 5.41) is 7.77. The lowest BCUT2D eigenvalue weighted by Gasteiger charge is -2.26. The average molecular weight is 588 g/mol. The summed E-state index contributed by atoms with van der Waals surface area (Å²) in [5.74, 6) is 0.892. The van der Waals surface area contributed by atoms with Crippen molar-refractivity contribution in [2.75, 3.05) is 23.9 Å². The summed E-state index contributed by atoms with van der Waals surface area (Å²) in [4.78, 5) is 18.5. The van der Waals surface area contributed by atoms with Crippen LogP contribution in [0.2, 0.25) is 15.1 Å². The Labute approximate surface area is 239 Å². The Kier molecular flexibility index (Phi) is 7.88. The lowest BCUT2D eigenvalue weighted by atomic mass is 10.0. The number of aromatic nitrogens is 1. The zero-order valence-electron chi connectivity index (χ0n) is 20.0. The summed E-state index contributed by atoms with van der Waals surface area (Å²) in [5.41, 5.74) is 2.64. The van der Waals surface area contributed by atoms with Crippen LogP contribution in [0.25, 0.3) is 11.3 Å². The molecule has 0 bridgehead atoms. The number of hydrogen-bond donors (Lipinski definition) is 2. The van der Waals surface area contributed by atoms with E-state index in [0.717, 1.165) is 5.69 Å². The Morgan fingerprint density at radius 3 is 2.68 bits per heavy atom. The Hall–Kier alpha value is -3.14. The number of benzene rings is 2. The molecule has 7 nitrogen and oxygen atoms in total. The number of thiocarbonyl (C=S) groups is 1. The standard InChI is InChI=1S/C27H21Cl3N4O3S/c1-36-14-23(35)32-19-9-8-15(13-18(19)29)34-26(25(33-27(34)38)20-7-2-3-12-31-20)22-11-10-21(37-22)16-5-4-6-17(28)24(16)30/h2-13,25-26H,14H2,1H3,(H,32,35)(H,33,38)/t25-,26-/m0/s1. The molecule has 0 unspecified atom stereocenters. The van der Waals surface area contributed by atoms with Crippen LogP contribution >= 0.6 is 47.0 Å². The molecule has 2 aromatic heterocycles. The fourth-order valence-corrected chi connectivity index (χ4v) is 5.31. The molecular weight excluding hydrogens is 567 g/mol. The fraction of sp³-hybridized carbons (Fsp3) is 0.148. The molecule has 1 aliphatic rings. The van der Waals surface area contributed by atoms with Crippen LogP contribution < -0.4 is 15.5 Å². The van der Waals surface area contributed by atoms with Gasteiger partial charge in [0.1, 0.15) is 24.2 Å². The smallest absolute Gasteiger partial charge is 0.250 e. The van der Waals surface area contributed by atoms with Crippen LogP contribution in [-0.4, -0.2) is 29.7 Å². The van der Waals surface area contributed by atoms with Gasteiger partial charge in [-0.2, -0.15) is 0 Å². The highest BCUT2D eigenvalue weighted by molar-refractivity contribution is 7.80. The molecular formula is C27H21Cl3N4O3S. The van der Waals surface area contributed by atoms with Gasteiger partial charge < -0.3 is 24.7 Å². The minimum Gasteiger partial charge on any atom is -0.459 e. The quantitative estimate of drug-likeness (QED) is 0.224. The van der Waals surface area contributed by atoms with Crippen molar-refractivity contribution in [2.24, 2.45) is 0 Å². The average Bonchev–Trinajstić information content (AvgIpc) is 3.52. The van der Waals surface area contributed by atoms with Gasteiger partial charge in [0.2, 0.25) is 5.91 Å². The first-order chi connectivity index (χ1) is 18.4. The van der Waals surface area contributed by atoms with Gasteiger partial charge in [0.15, 0.2) is 5.11 Å². The van der Waals surface area contributed by atoms with Crippen LogP contribution in [0.5, 0.6) is 0 Å². The number of pyridine rings is 1. The number of carbonyl (C=O) groups is 1. The number of methoxy groups -OCH3 is 1. The van der Waals surface area contributed by atoms with Gasteiger partial charge >= 0.3 is 0 Å². The number of halogens is 3. The number of nitrogens with zero attached hydrogens (tertiary/aromatic N) is 2. The summed E-state index contributed by atoms with van der Waals surface area (Å²) in [7, 11) is 1.45. The molecule has 0 saturated carbocycles. The maximum absolute atomic E-state index is 12.0. The van der Waals surface area contributed by atoms with E-state index < -0.39 is 6.04 Å². The van der Waals surface area contributed by atoms with Crippen LogP contribution in [-0.2, 0) is 9.53 Å². The van der Waals surface area contributed by atoms with Gasteiger partial charge in [0.05, 0.1) is 32.5 Å². The predicted molar refractivity (Wildman–Crippen MR) is 154 cm³/mol. The third-order valence-corrected chi connectivity index (χ3v) is 7.46. The number of amides is 1. The van der Waals surface area contributed by atoms with E-state index in [4.69, 9.17) is 56.2 Å². The highest BCUT2D eigenvalue weighted by atomic mass is 35.5. The molecule has 2 atom stereocenters. The molecule has 11 heteroatoms. The minimum absolute atomic E-state index is 0.0799. The predicted octanol–water partition coefficient (Wildman–Crippen LogP) is 7.06. The molecule has 4 aromatic rings. The minimum atomic E-state index is -0.408. The second kappa shape index (κ2) is 11.3. The highest BCUT2D eigenvalue weighted by Crippen LogP contribution is 2.44. The third-order valence-electron chi connectivity index (χ3n) is 6.01. The van der Waals surface area contributed by atoms with Crippen LogP contribution in [0.4, 0.5) is 11.4 Å². The molecule has 38 heavy (non-hydrogen) atoms. The maximum Gasteiger partial charge on any atom is 0.250 e. The van der Waals surface area contributed by atoms with Crippen molar-refractivity contribution in [3.05, 3.63) is 99.4 Å². The number of hydrogen-bond acceptors (Lipinski definition) is 5. The Balaban J connectivity index is 1.55. The molecule has 0 radical (unpaired) electrons. The van der Waals surface area contributed by atoms with Crippen LogP contribution in [0.1, 0.15) is 23.5 Å². The van der Waals surface area contributed by atoms with Gasteiger partial charge in [-0.1, -0.05) is 46.9 Å². The largest absolute Gasteiger partial charge is 0.459 e. The first-order valence-corrected chi connectivity index (χ1v) is 13.0. The zero-order valence-corrected chi connectivity index (χ0v) is 23.0. The molecule has 2 N–H and O–H groups in total. The maximum atomic E-state index is 12.0. The van der Waals surface area contributed by atoms with E-state index >= 15 is 0 Å². The molecule has 1 amide bonds. The SMILES string of the molecule is COCC(=O)Nc1ccc(N2C(=S)N[C@@H](c3ccccn3)[C@@H]2c2ccc(-c3cccc(Cl)c3Cl)o2)cc1Cl. The van der Waals surface area contributed by atoms with Crippen molar-refractivity contribution in [1.29, 1.82) is 0 Å². The molecule has 1 saturated heterocycles. The summed E-state index contributed by atoms with van der Waals surface area (Å²) in [6.07, 6.45) is 1.73. The van der Waals surface area contributed by atoms with Gasteiger partial charge in [0.25, 0.3) is 0 Å². The van der Waals surface area contributed by atoms with Crippen molar-refractivity contribution in [2.45, 2.75) is 12.1 Å². The van der Waals surface area contributed by atoms with Crippen molar-refractivity contribution in [3.8, 4) is 11.3 Å². The molecule has 5 rings (SSSR count). The summed E-state index contributed by atoms with van der Waals surface area (Å²) in [6.45, 7) is -0.0799. The second-order valence-electron chi connectivity index (χ2n) is 8.45. The molecule has 3 heterocycles. The topological polar surface area (TPSA) is 79.6 Å². The summed E-state index contributed by atoms with van der Waals surface area (Å²) in [6, 6.07) is 19.4. The lowest BCUT2D eigenvalue weighted by molar-refractivity contribution is -0.119. The van der Waals surface area contributed by atoms with Gasteiger partial charge in [-0.3, -0.25) is 9.78 Å². The van der Waals surface area contributed by atoms with Crippen LogP contribution in [0, 0.1) is 0 Å². The molecule has 194 valence electrons. The van der Waals surface area contributed by atoms with E-state index in [1.165, 1.54) is 7.11 Å². The first kappa shape index (κ1) is 26.5. The van der Waals surface area contributed by atoms with E-state index in [1.54, 1.807) is 24.4 Å². The fourth-order valence-electron chi connectivity index (χ4n) is 4.35. The van der Waals surface area contributed by atoms with E-state index in [9.17, 15) is 4.79 Å². The number of anilines is 2. The molecule has 0 aliphatic carbocycles. The first-order valence-electron chi connectivity index (χ1n) is 11.5. The van der Waals surface area contributed by atoms with E-state index in [1.807, 2.05) is 53.4 Å². The lowest BCUT2D eigenvalue weighted by Crippen LogP contribution is -2.29. The van der Waals surface area contributed by atoms with Crippen molar-refractivity contribution in [3.63, 3.8) is 0 Å². The Bertz CT molecular complexity index is 1500. The van der Waals surface area contributed by atoms with E-state index in [-0.39, 0.29) is 18.6 Å². The number of carbonyl (C=O) groups excluding carboxylic acids is 1. The van der Waals surface area contributed by atoms with Crippen molar-refractivity contribution in [1.82, 2.24) is 10.3 Å². The molecule has 1 fully saturated rings. The molecule has 0 spiro atoms. The normalized spacial score (nSPS) is 16.9. The van der Waals surface area contributed by atoms with Crippen molar-refractivity contribution < 1.29 is 13.9 Å². The van der Waals surface area contributed by atoms with Gasteiger partial charge in [-0.05, 0) is 66.8 Å². The molecule has 2 aromatic carbocycles. The zero-order chi connectivity index (χ0) is 26.8. The van der Waals surface area contributed by atoms with Crippen LogP contribution in [0.3, 0.4) is 0 Å². The van der Waals surface area contributed by atoms with E-state index in [0.29, 0.717) is 48.6 Å². The number of ether oxygens (including phenoxy) is 1. The Morgan fingerprint density at radius 1 is 1.11 bits per heavy atom. The van der Waals surface area contributed by atoms with Gasteiger partial charge in [-0.15, -0.1) is 0 Å². The summed E-state index contributed by atoms with van der Waals surface area (Å²) < 4.78 is 11.2. The third kappa shape index (κ3) is 5.23. The highest BCUT2D eigenvalue weighted by Gasteiger charge is 2.42. The summed E-state index contributed by atoms with van der Waals surface area (Å²) >= 11 is 25.0. The van der Waals surface area contributed by atoms with E-state index in [2.05, 4.69) is 15.6 Å².